The van der Waals surface area contributed by atoms with E-state index in [1.54, 1.807) is 30.3 Å². The second-order valence-corrected chi connectivity index (χ2v) is 7.46. The lowest BCUT2D eigenvalue weighted by atomic mass is 9.80. The van der Waals surface area contributed by atoms with Gasteiger partial charge in [-0.1, -0.05) is 121 Å². The fourth-order valence-corrected chi connectivity index (χ4v) is 3.87. The summed E-state index contributed by atoms with van der Waals surface area (Å²) >= 11 is 0. The zero-order valence-corrected chi connectivity index (χ0v) is 18.1. The normalized spacial score (nSPS) is 11.0. The van der Waals surface area contributed by atoms with Crippen LogP contribution in [0.3, 0.4) is 0 Å². The third kappa shape index (κ3) is 4.92. The molecule has 0 fully saturated rings. The van der Waals surface area contributed by atoms with Crippen molar-refractivity contribution in [3.8, 4) is 0 Å². The van der Waals surface area contributed by atoms with Gasteiger partial charge in [-0.25, -0.2) is 4.79 Å². The molecule has 0 atom stereocenters. The molecule has 0 heterocycles. The minimum Gasteiger partial charge on any atom is -0.457 e. The van der Waals surface area contributed by atoms with E-state index in [2.05, 4.69) is 0 Å². The summed E-state index contributed by atoms with van der Waals surface area (Å²) in [6.45, 7) is 0.0537. The van der Waals surface area contributed by atoms with Crippen LogP contribution in [-0.2, 0) is 19.9 Å². The van der Waals surface area contributed by atoms with Gasteiger partial charge >= 0.3 is 5.97 Å². The van der Waals surface area contributed by atoms with Crippen molar-refractivity contribution < 1.29 is 19.1 Å². The van der Waals surface area contributed by atoms with E-state index in [0.29, 0.717) is 5.56 Å². The van der Waals surface area contributed by atoms with Gasteiger partial charge in [0.25, 0.3) is 5.78 Å². The van der Waals surface area contributed by atoms with Crippen LogP contribution < -0.4 is 0 Å². The van der Waals surface area contributed by atoms with E-state index in [1.165, 1.54) is 0 Å². The van der Waals surface area contributed by atoms with Crippen molar-refractivity contribution in [2.75, 3.05) is 13.2 Å². The number of ether oxygens (including phenoxy) is 2. The van der Waals surface area contributed by atoms with Crippen LogP contribution in [0.25, 0.3) is 0 Å². The van der Waals surface area contributed by atoms with Crippen molar-refractivity contribution >= 4 is 11.8 Å². The lowest BCUT2D eigenvalue weighted by Gasteiger charge is -2.35. The molecule has 0 aliphatic carbocycles. The number of carbonyl (C=O) groups excluding carboxylic acids is 2. The van der Waals surface area contributed by atoms with E-state index in [9.17, 15) is 9.59 Å². The molecule has 0 radical (unpaired) electrons. The minimum atomic E-state index is -0.903. The highest BCUT2D eigenvalue weighted by molar-refractivity contribution is 6.40. The molecule has 0 aromatic heterocycles. The van der Waals surface area contributed by atoms with Gasteiger partial charge in [0.15, 0.2) is 0 Å². The minimum absolute atomic E-state index is 0.0499. The average molecular weight is 437 g/mol. The summed E-state index contributed by atoms with van der Waals surface area (Å²) in [6.07, 6.45) is 0. The Kier molecular flexibility index (Phi) is 7.08. The zero-order chi connectivity index (χ0) is 22.9. The summed E-state index contributed by atoms with van der Waals surface area (Å²) in [5, 5.41) is 0. The van der Waals surface area contributed by atoms with Gasteiger partial charge in [-0.05, 0) is 16.7 Å². The molecular weight excluding hydrogens is 412 g/mol. The Hall–Kier alpha value is -4.02. The molecule has 33 heavy (non-hydrogen) atoms. The van der Waals surface area contributed by atoms with Crippen molar-refractivity contribution in [3.63, 3.8) is 0 Å². The summed E-state index contributed by atoms with van der Waals surface area (Å²) in [6, 6.07) is 38.2. The summed E-state index contributed by atoms with van der Waals surface area (Å²) in [5.74, 6) is -1.56. The van der Waals surface area contributed by atoms with Crippen LogP contribution in [-0.4, -0.2) is 25.0 Å². The van der Waals surface area contributed by atoms with Crippen molar-refractivity contribution in [1.82, 2.24) is 0 Å². The van der Waals surface area contributed by atoms with E-state index in [4.69, 9.17) is 9.47 Å². The molecule has 4 aromatic rings. The second kappa shape index (κ2) is 10.5. The van der Waals surface area contributed by atoms with E-state index >= 15 is 0 Å². The average Bonchev–Trinajstić information content (AvgIpc) is 2.90. The molecule has 0 bridgehead atoms. The molecule has 0 spiro atoms. The van der Waals surface area contributed by atoms with Gasteiger partial charge in [0.2, 0.25) is 0 Å². The third-order valence-corrected chi connectivity index (χ3v) is 5.40. The molecule has 4 heteroatoms. The van der Waals surface area contributed by atoms with Crippen LogP contribution in [0.1, 0.15) is 27.0 Å². The predicted octanol–water partition coefficient (Wildman–Crippen LogP) is 5.42. The molecule has 4 rings (SSSR count). The van der Waals surface area contributed by atoms with Gasteiger partial charge in [0, 0.05) is 5.56 Å². The zero-order valence-electron chi connectivity index (χ0n) is 18.1. The van der Waals surface area contributed by atoms with Crippen LogP contribution in [0.15, 0.2) is 121 Å². The van der Waals surface area contributed by atoms with Gasteiger partial charge in [0.05, 0.1) is 6.61 Å². The fraction of sp³-hybridized carbons (Fsp3) is 0.103. The van der Waals surface area contributed by atoms with Gasteiger partial charge < -0.3 is 9.47 Å². The molecule has 0 saturated carbocycles. The first kappa shape index (κ1) is 22.2. The first-order chi connectivity index (χ1) is 16.2. The number of hydrogen-bond acceptors (Lipinski definition) is 4. The molecule has 164 valence electrons. The quantitative estimate of drug-likeness (QED) is 0.116. The Labute approximate surface area is 193 Å². The van der Waals surface area contributed by atoms with Crippen molar-refractivity contribution in [3.05, 3.63) is 144 Å². The Bertz CT molecular complexity index is 1080. The highest BCUT2D eigenvalue weighted by Crippen LogP contribution is 2.40. The molecule has 0 aliphatic heterocycles. The number of rotatable bonds is 9. The highest BCUT2D eigenvalue weighted by Gasteiger charge is 2.37. The summed E-state index contributed by atoms with van der Waals surface area (Å²) in [5.41, 5.74) is 2.26. The van der Waals surface area contributed by atoms with E-state index in [0.717, 1.165) is 16.7 Å². The molecule has 0 unspecified atom stereocenters. The summed E-state index contributed by atoms with van der Waals surface area (Å²) < 4.78 is 11.8. The van der Waals surface area contributed by atoms with Crippen molar-refractivity contribution in [2.45, 2.75) is 5.60 Å². The number of hydrogen-bond donors (Lipinski definition) is 0. The Morgan fingerprint density at radius 3 is 1.36 bits per heavy atom. The van der Waals surface area contributed by atoms with Crippen LogP contribution in [0, 0.1) is 0 Å². The highest BCUT2D eigenvalue weighted by atomic mass is 16.6. The van der Waals surface area contributed by atoms with Gasteiger partial charge in [-0.15, -0.1) is 0 Å². The molecule has 4 nitrogen and oxygen atoms in total. The molecule has 0 amide bonds. The Morgan fingerprint density at radius 2 is 0.939 bits per heavy atom. The monoisotopic (exact) mass is 436 g/mol. The number of benzene rings is 4. The number of ketones is 1. The molecule has 4 aromatic carbocycles. The van der Waals surface area contributed by atoms with Gasteiger partial charge in [0.1, 0.15) is 12.2 Å². The number of esters is 1. The van der Waals surface area contributed by atoms with Crippen molar-refractivity contribution in [1.29, 1.82) is 0 Å². The predicted molar refractivity (Wildman–Crippen MR) is 127 cm³/mol. The molecule has 0 N–H and O–H groups in total. The van der Waals surface area contributed by atoms with E-state index in [1.807, 2.05) is 91.0 Å². The van der Waals surface area contributed by atoms with Gasteiger partial charge in [-0.3, -0.25) is 4.79 Å². The lowest BCUT2D eigenvalue weighted by molar-refractivity contribution is -0.140. The molecular formula is C29H24O4. The third-order valence-electron chi connectivity index (χ3n) is 5.40. The van der Waals surface area contributed by atoms with Crippen molar-refractivity contribution in [2.24, 2.45) is 0 Å². The summed E-state index contributed by atoms with van der Waals surface area (Å²) in [4.78, 5) is 24.5. The Balaban J connectivity index is 1.58. The van der Waals surface area contributed by atoms with Crippen LogP contribution in [0.2, 0.25) is 0 Å². The maximum atomic E-state index is 12.3. The van der Waals surface area contributed by atoms with E-state index < -0.39 is 17.4 Å². The molecule has 0 aliphatic rings. The van der Waals surface area contributed by atoms with Crippen LogP contribution in [0.5, 0.6) is 0 Å². The first-order valence-corrected chi connectivity index (χ1v) is 10.8. The van der Waals surface area contributed by atoms with Crippen LogP contribution in [0.4, 0.5) is 0 Å². The first-order valence-electron chi connectivity index (χ1n) is 10.8. The standard InChI is InChI=1S/C29H24O4/c30-27(23-13-5-1-6-14-23)28(31)32-21-22-33-29(24-15-7-2-8-16-24,25-17-9-3-10-18-25)26-19-11-4-12-20-26/h1-20H,21-22H2. The largest absolute Gasteiger partial charge is 0.457 e. The smallest absolute Gasteiger partial charge is 0.379 e. The maximum Gasteiger partial charge on any atom is 0.379 e. The Morgan fingerprint density at radius 1 is 0.545 bits per heavy atom. The topological polar surface area (TPSA) is 52.6 Å². The number of carbonyl (C=O) groups is 2. The number of Topliss-reactive ketones (excluding diaryl/α,β-unsaturated/α-hetero) is 1. The lowest BCUT2D eigenvalue weighted by Crippen LogP contribution is -2.34. The molecule has 0 saturated heterocycles. The fourth-order valence-electron chi connectivity index (χ4n) is 3.87. The summed E-state index contributed by atoms with van der Waals surface area (Å²) in [7, 11) is 0. The maximum absolute atomic E-state index is 12.3. The van der Waals surface area contributed by atoms with E-state index in [-0.39, 0.29) is 13.2 Å². The SMILES string of the molecule is O=C(OCCOC(c1ccccc1)(c1ccccc1)c1ccccc1)C(=O)c1ccccc1. The van der Waals surface area contributed by atoms with Gasteiger partial charge in [-0.2, -0.15) is 0 Å². The second-order valence-electron chi connectivity index (χ2n) is 7.46. The van der Waals surface area contributed by atoms with Crippen LogP contribution >= 0.6 is 0 Å².